The number of aromatic nitrogens is 2. The van der Waals surface area contributed by atoms with Crippen molar-refractivity contribution in [2.75, 3.05) is 0 Å². The van der Waals surface area contributed by atoms with Crippen molar-refractivity contribution in [2.45, 2.75) is 25.6 Å². The minimum atomic E-state index is -0.370. The normalized spacial score (nSPS) is 18.1. The van der Waals surface area contributed by atoms with Crippen LogP contribution in [-0.4, -0.2) is 20.4 Å². The molecule has 0 aliphatic carbocycles. The van der Waals surface area contributed by atoms with Crippen molar-refractivity contribution in [1.82, 2.24) is 14.5 Å². The van der Waals surface area contributed by atoms with Gasteiger partial charge in [0.15, 0.2) is 0 Å². The summed E-state index contributed by atoms with van der Waals surface area (Å²) in [4.78, 5) is 19.6. The second kappa shape index (κ2) is 6.48. The number of hydrogen-bond donors (Lipinski definition) is 0. The summed E-state index contributed by atoms with van der Waals surface area (Å²) in [7, 11) is 0. The lowest BCUT2D eigenvalue weighted by Crippen LogP contribution is -2.43. The maximum Gasteiger partial charge on any atom is 0.251 e. The molecule has 1 aliphatic heterocycles. The number of amides is 1. The lowest BCUT2D eigenvalue weighted by Gasteiger charge is -2.38. The van der Waals surface area contributed by atoms with Crippen LogP contribution in [0.25, 0.3) is 0 Å². The number of nitrogens with zero attached hydrogens (tertiary/aromatic N) is 3. The summed E-state index contributed by atoms with van der Waals surface area (Å²) in [6, 6.07) is 17.7. The van der Waals surface area contributed by atoms with Gasteiger partial charge >= 0.3 is 0 Å². The first-order valence-electron chi connectivity index (χ1n) is 8.27. The SMILES string of the molecule is C[C@H](c1ccccc1)N1Cc2cncn2C(c2ccc(Br)cc2)C1=O. The number of imidazole rings is 1. The summed E-state index contributed by atoms with van der Waals surface area (Å²) in [5.41, 5.74) is 3.16. The molecule has 0 bridgehead atoms. The van der Waals surface area contributed by atoms with E-state index in [2.05, 4.69) is 40.0 Å². The van der Waals surface area contributed by atoms with E-state index in [-0.39, 0.29) is 18.0 Å². The van der Waals surface area contributed by atoms with Crippen LogP contribution in [0.15, 0.2) is 71.6 Å². The van der Waals surface area contributed by atoms with Crippen molar-refractivity contribution < 1.29 is 4.79 Å². The molecule has 5 heteroatoms. The molecule has 0 saturated carbocycles. The van der Waals surface area contributed by atoms with Crippen LogP contribution in [0.3, 0.4) is 0 Å². The Morgan fingerprint density at radius 1 is 1.12 bits per heavy atom. The van der Waals surface area contributed by atoms with E-state index in [0.717, 1.165) is 21.3 Å². The highest BCUT2D eigenvalue weighted by atomic mass is 79.9. The molecule has 3 aromatic rings. The lowest BCUT2D eigenvalue weighted by atomic mass is 9.99. The van der Waals surface area contributed by atoms with E-state index in [1.54, 1.807) is 6.33 Å². The van der Waals surface area contributed by atoms with Gasteiger partial charge in [-0.3, -0.25) is 4.79 Å². The molecule has 2 heterocycles. The van der Waals surface area contributed by atoms with Crippen LogP contribution < -0.4 is 0 Å². The summed E-state index contributed by atoms with van der Waals surface area (Å²) in [5, 5.41) is 0. The summed E-state index contributed by atoms with van der Waals surface area (Å²) < 4.78 is 2.99. The van der Waals surface area contributed by atoms with Crippen molar-refractivity contribution >= 4 is 21.8 Å². The van der Waals surface area contributed by atoms with Crippen molar-refractivity contribution in [3.8, 4) is 0 Å². The molecule has 1 aliphatic rings. The maximum absolute atomic E-state index is 13.4. The molecule has 1 aromatic heterocycles. The second-order valence-electron chi connectivity index (χ2n) is 6.30. The van der Waals surface area contributed by atoms with E-state index < -0.39 is 0 Å². The summed E-state index contributed by atoms with van der Waals surface area (Å²) in [6.45, 7) is 2.65. The minimum absolute atomic E-state index is 0.00954. The zero-order valence-corrected chi connectivity index (χ0v) is 15.4. The molecular weight excluding hydrogens is 378 g/mol. The lowest BCUT2D eigenvalue weighted by molar-refractivity contribution is -0.138. The van der Waals surface area contributed by atoms with E-state index in [0.29, 0.717) is 6.54 Å². The fraction of sp³-hybridized carbons (Fsp3) is 0.200. The number of carbonyl (C=O) groups is 1. The highest BCUT2D eigenvalue weighted by molar-refractivity contribution is 9.10. The first-order valence-corrected chi connectivity index (χ1v) is 9.06. The fourth-order valence-electron chi connectivity index (χ4n) is 3.40. The van der Waals surface area contributed by atoms with Gasteiger partial charge in [0.05, 0.1) is 24.6 Å². The van der Waals surface area contributed by atoms with Gasteiger partial charge in [-0.2, -0.15) is 0 Å². The van der Waals surface area contributed by atoms with Gasteiger partial charge in [-0.15, -0.1) is 0 Å². The van der Waals surface area contributed by atoms with Gasteiger partial charge in [0.1, 0.15) is 6.04 Å². The average molecular weight is 396 g/mol. The number of rotatable bonds is 3. The van der Waals surface area contributed by atoms with Gasteiger partial charge in [-0.1, -0.05) is 58.4 Å². The van der Waals surface area contributed by atoms with E-state index >= 15 is 0 Å². The first-order chi connectivity index (χ1) is 12.1. The molecule has 0 spiro atoms. The number of hydrogen-bond acceptors (Lipinski definition) is 2. The third kappa shape index (κ3) is 2.89. The van der Waals surface area contributed by atoms with Crippen molar-refractivity contribution in [1.29, 1.82) is 0 Å². The Labute approximate surface area is 155 Å². The Bertz CT molecular complexity index is 889. The zero-order chi connectivity index (χ0) is 17.4. The molecule has 4 rings (SSSR count). The van der Waals surface area contributed by atoms with Gasteiger partial charge < -0.3 is 9.47 Å². The number of carbonyl (C=O) groups excluding carboxylic acids is 1. The van der Waals surface area contributed by atoms with Crippen LogP contribution in [-0.2, 0) is 11.3 Å². The molecule has 1 amide bonds. The van der Waals surface area contributed by atoms with Crippen LogP contribution in [0.1, 0.15) is 35.8 Å². The van der Waals surface area contributed by atoms with E-state index in [1.165, 1.54) is 0 Å². The van der Waals surface area contributed by atoms with Crippen LogP contribution in [0.2, 0.25) is 0 Å². The van der Waals surface area contributed by atoms with Crippen LogP contribution >= 0.6 is 15.9 Å². The Morgan fingerprint density at radius 2 is 1.84 bits per heavy atom. The smallest absolute Gasteiger partial charge is 0.251 e. The van der Waals surface area contributed by atoms with E-state index in [1.807, 2.05) is 58.1 Å². The quantitative estimate of drug-likeness (QED) is 0.661. The van der Waals surface area contributed by atoms with Crippen molar-refractivity contribution in [3.63, 3.8) is 0 Å². The summed E-state index contributed by atoms with van der Waals surface area (Å²) in [6.07, 6.45) is 3.60. The van der Waals surface area contributed by atoms with Crippen molar-refractivity contribution in [2.24, 2.45) is 0 Å². The highest BCUT2D eigenvalue weighted by Gasteiger charge is 2.36. The zero-order valence-electron chi connectivity index (χ0n) is 13.8. The van der Waals surface area contributed by atoms with Crippen LogP contribution in [0.4, 0.5) is 0 Å². The number of halogens is 1. The molecule has 0 N–H and O–H groups in total. The molecule has 1 unspecified atom stereocenters. The molecule has 126 valence electrons. The third-order valence-corrected chi connectivity index (χ3v) is 5.34. The highest BCUT2D eigenvalue weighted by Crippen LogP contribution is 2.33. The molecule has 25 heavy (non-hydrogen) atoms. The Morgan fingerprint density at radius 3 is 2.56 bits per heavy atom. The van der Waals surface area contributed by atoms with Gasteiger partial charge in [-0.25, -0.2) is 4.98 Å². The largest absolute Gasteiger partial charge is 0.328 e. The fourth-order valence-corrected chi connectivity index (χ4v) is 3.67. The van der Waals surface area contributed by atoms with Gasteiger partial charge in [0, 0.05) is 10.7 Å². The van der Waals surface area contributed by atoms with E-state index in [9.17, 15) is 4.79 Å². The molecule has 0 radical (unpaired) electrons. The maximum atomic E-state index is 13.4. The Hall–Kier alpha value is -2.40. The topological polar surface area (TPSA) is 38.1 Å². The predicted molar refractivity (Wildman–Crippen MR) is 99.9 cm³/mol. The van der Waals surface area contributed by atoms with Crippen molar-refractivity contribution in [3.05, 3.63) is 88.4 Å². The van der Waals surface area contributed by atoms with Crippen LogP contribution in [0.5, 0.6) is 0 Å². The predicted octanol–water partition coefficient (Wildman–Crippen LogP) is 4.34. The molecule has 2 aromatic carbocycles. The molecule has 4 nitrogen and oxygen atoms in total. The molecular formula is C20H18BrN3O. The number of fused-ring (bicyclic) bond motifs is 1. The summed E-state index contributed by atoms with van der Waals surface area (Å²) in [5.74, 6) is 0.101. The number of benzene rings is 2. The minimum Gasteiger partial charge on any atom is -0.328 e. The molecule has 0 saturated heterocycles. The van der Waals surface area contributed by atoms with Gasteiger partial charge in [0.2, 0.25) is 0 Å². The Balaban J connectivity index is 1.75. The van der Waals surface area contributed by atoms with Gasteiger partial charge in [-0.05, 0) is 30.2 Å². The van der Waals surface area contributed by atoms with E-state index in [4.69, 9.17) is 0 Å². The third-order valence-electron chi connectivity index (χ3n) is 4.81. The molecule has 2 atom stereocenters. The monoisotopic (exact) mass is 395 g/mol. The van der Waals surface area contributed by atoms with Crippen LogP contribution in [0, 0.1) is 0 Å². The van der Waals surface area contributed by atoms with Gasteiger partial charge in [0.25, 0.3) is 5.91 Å². The second-order valence-corrected chi connectivity index (χ2v) is 7.21. The first kappa shape index (κ1) is 16.1. The standard InChI is InChI=1S/C20H18BrN3O/c1-14(15-5-3-2-4-6-15)23-12-18-11-22-13-24(18)19(20(23)25)16-7-9-17(21)10-8-16/h2-11,13-14,19H,12H2,1H3/t14-,19?/m1/s1. The average Bonchev–Trinajstić information content (AvgIpc) is 3.10. The molecule has 0 fully saturated rings. The summed E-state index contributed by atoms with van der Waals surface area (Å²) >= 11 is 3.46. The Kier molecular flexibility index (Phi) is 4.17.